The van der Waals surface area contributed by atoms with E-state index in [2.05, 4.69) is 93.8 Å². The van der Waals surface area contributed by atoms with E-state index < -0.39 is 0 Å². The smallest absolute Gasteiger partial charge is 0.237 e. The molecule has 0 atom stereocenters. The molecule has 0 bridgehead atoms. The molecule has 0 spiro atoms. The zero-order valence-electron chi connectivity index (χ0n) is 16.2. The Bertz CT molecular complexity index is 733. The van der Waals surface area contributed by atoms with Crippen molar-refractivity contribution in [3.63, 3.8) is 0 Å². The van der Waals surface area contributed by atoms with Gasteiger partial charge in [0.1, 0.15) is 37.9 Å². The minimum Gasteiger partial charge on any atom is -0.237 e. The number of rotatable bonds is 10. The minimum atomic E-state index is 0.923. The summed E-state index contributed by atoms with van der Waals surface area (Å²) in [7, 11) is 0. The van der Waals surface area contributed by atoms with Crippen molar-refractivity contribution in [1.82, 2.24) is 9.13 Å². The van der Waals surface area contributed by atoms with Crippen LogP contribution in [0.25, 0.3) is 0 Å². The molecule has 1 aromatic carbocycles. The van der Waals surface area contributed by atoms with Crippen LogP contribution in [0.2, 0.25) is 0 Å². The molecule has 4 heteroatoms. The molecule has 0 aliphatic carbocycles. The van der Waals surface area contributed by atoms with E-state index in [1.165, 1.54) is 36.8 Å². The Balaban J connectivity index is 1.68. The van der Waals surface area contributed by atoms with E-state index in [1.807, 2.05) is 0 Å². The van der Waals surface area contributed by atoms with Crippen LogP contribution < -0.4 is 9.13 Å². The van der Waals surface area contributed by atoms with Gasteiger partial charge in [0, 0.05) is 11.1 Å². The highest BCUT2D eigenvalue weighted by molar-refractivity contribution is 5.25. The molecule has 0 aliphatic rings. The van der Waals surface area contributed by atoms with E-state index in [-0.39, 0.29) is 0 Å². The predicted octanol–water partition coefficient (Wildman–Crippen LogP) is 3.56. The van der Waals surface area contributed by atoms with E-state index >= 15 is 0 Å². The van der Waals surface area contributed by atoms with Gasteiger partial charge in [-0.2, -0.15) is 0 Å². The fraction of sp³-hybridized carbons (Fsp3) is 0.455. The van der Waals surface area contributed by atoms with Crippen LogP contribution in [0.1, 0.15) is 50.7 Å². The van der Waals surface area contributed by atoms with Crippen LogP contribution in [0.15, 0.2) is 61.7 Å². The lowest BCUT2D eigenvalue weighted by Crippen LogP contribution is -2.35. The van der Waals surface area contributed by atoms with Gasteiger partial charge < -0.3 is 0 Å². The van der Waals surface area contributed by atoms with Gasteiger partial charge in [0.05, 0.1) is 13.1 Å². The Kier molecular flexibility index (Phi) is 6.64. The number of benzene rings is 1. The summed E-state index contributed by atoms with van der Waals surface area (Å²) in [4.78, 5) is 0. The number of aryl methyl sites for hydroxylation is 2. The van der Waals surface area contributed by atoms with E-state index in [0.29, 0.717) is 0 Å². The fourth-order valence-electron chi connectivity index (χ4n) is 3.27. The van der Waals surface area contributed by atoms with Crippen molar-refractivity contribution in [2.45, 2.75) is 65.7 Å². The molecular formula is C22H32N4+2. The number of nitrogens with zero attached hydrogens (tertiary/aromatic N) is 4. The topological polar surface area (TPSA) is 17.6 Å². The zero-order chi connectivity index (χ0) is 18.2. The summed E-state index contributed by atoms with van der Waals surface area (Å²) in [5.74, 6) is 0. The molecule has 3 rings (SSSR count). The largest absolute Gasteiger partial charge is 0.244 e. The highest BCUT2D eigenvalue weighted by atomic mass is 15.1. The van der Waals surface area contributed by atoms with Crippen LogP contribution in [0.3, 0.4) is 0 Å². The highest BCUT2D eigenvalue weighted by Gasteiger charge is 2.11. The van der Waals surface area contributed by atoms with Crippen molar-refractivity contribution in [1.29, 1.82) is 0 Å². The third-order valence-corrected chi connectivity index (χ3v) is 4.86. The lowest BCUT2D eigenvalue weighted by atomic mass is 10.1. The molecule has 0 aliphatic heterocycles. The second-order valence-electron chi connectivity index (χ2n) is 7.12. The van der Waals surface area contributed by atoms with Crippen molar-refractivity contribution >= 4 is 0 Å². The van der Waals surface area contributed by atoms with Crippen molar-refractivity contribution in [3.8, 4) is 0 Å². The van der Waals surface area contributed by atoms with Crippen LogP contribution in [0.4, 0.5) is 0 Å². The molecule has 4 nitrogen and oxygen atoms in total. The summed E-state index contributed by atoms with van der Waals surface area (Å²) >= 11 is 0. The van der Waals surface area contributed by atoms with E-state index in [4.69, 9.17) is 0 Å². The molecule has 26 heavy (non-hydrogen) atoms. The lowest BCUT2D eigenvalue weighted by Gasteiger charge is -2.06. The average Bonchev–Trinajstić information content (AvgIpc) is 3.29. The summed E-state index contributed by atoms with van der Waals surface area (Å²) in [5, 5.41) is 0. The van der Waals surface area contributed by atoms with Crippen LogP contribution in [0, 0.1) is 0 Å². The maximum absolute atomic E-state index is 2.29. The maximum atomic E-state index is 2.29. The first kappa shape index (κ1) is 18.4. The second-order valence-corrected chi connectivity index (χ2v) is 7.12. The van der Waals surface area contributed by atoms with Gasteiger partial charge in [-0.25, -0.2) is 18.3 Å². The van der Waals surface area contributed by atoms with E-state index in [9.17, 15) is 0 Å². The van der Waals surface area contributed by atoms with E-state index in [0.717, 1.165) is 26.2 Å². The molecule has 2 heterocycles. The first-order chi connectivity index (χ1) is 12.8. The SMILES string of the molecule is CCCCn1cc[n+](Cc2ccccc2C[n+]2ccn(CCCC)c2)c1. The number of hydrogen-bond acceptors (Lipinski definition) is 0. The standard InChI is InChI=1S/C22H32N4/c1-3-5-11-23-13-15-25(19-23)17-21-9-7-8-10-22(21)18-26-16-14-24(20-26)12-6-4-2/h7-10,13-16,19-20H,3-6,11-12,17-18H2,1-2H3/q+2. The van der Waals surface area contributed by atoms with Crippen LogP contribution >= 0.6 is 0 Å². The normalized spacial score (nSPS) is 11.2. The predicted molar refractivity (Wildman–Crippen MR) is 104 cm³/mol. The van der Waals surface area contributed by atoms with Gasteiger partial charge in [-0.1, -0.05) is 51.0 Å². The van der Waals surface area contributed by atoms with Gasteiger partial charge in [-0.3, -0.25) is 0 Å². The maximum Gasteiger partial charge on any atom is 0.244 e. The van der Waals surface area contributed by atoms with Gasteiger partial charge in [-0.15, -0.1) is 0 Å². The summed E-state index contributed by atoms with van der Waals surface area (Å²) in [5.41, 5.74) is 2.78. The van der Waals surface area contributed by atoms with Crippen LogP contribution in [0.5, 0.6) is 0 Å². The van der Waals surface area contributed by atoms with E-state index in [1.54, 1.807) is 0 Å². The third-order valence-electron chi connectivity index (χ3n) is 4.86. The molecule has 0 fully saturated rings. The van der Waals surface area contributed by atoms with Gasteiger partial charge in [0.25, 0.3) is 0 Å². The Morgan fingerprint density at radius 3 is 1.62 bits per heavy atom. The first-order valence-corrected chi connectivity index (χ1v) is 9.95. The van der Waals surface area contributed by atoms with Crippen molar-refractivity contribution in [3.05, 3.63) is 72.8 Å². The average molecular weight is 353 g/mol. The van der Waals surface area contributed by atoms with Crippen molar-refractivity contribution < 1.29 is 9.13 Å². The van der Waals surface area contributed by atoms with Crippen molar-refractivity contribution in [2.75, 3.05) is 0 Å². The molecule has 2 aromatic heterocycles. The molecule has 0 radical (unpaired) electrons. The summed E-state index contributed by atoms with van der Waals surface area (Å²) < 4.78 is 9.14. The molecule has 0 unspecified atom stereocenters. The molecule has 0 saturated carbocycles. The number of unbranched alkanes of at least 4 members (excludes halogenated alkanes) is 2. The summed E-state index contributed by atoms with van der Waals surface area (Å²) in [6, 6.07) is 8.79. The van der Waals surface area contributed by atoms with Crippen LogP contribution in [-0.2, 0) is 26.2 Å². The fourth-order valence-corrected chi connectivity index (χ4v) is 3.27. The summed E-state index contributed by atoms with van der Waals surface area (Å²) in [6.07, 6.45) is 18.1. The molecule has 3 aromatic rings. The quantitative estimate of drug-likeness (QED) is 0.497. The van der Waals surface area contributed by atoms with Gasteiger partial charge in [0.15, 0.2) is 0 Å². The summed E-state index contributed by atoms with van der Waals surface area (Å²) in [6.45, 7) is 8.53. The van der Waals surface area contributed by atoms with Gasteiger partial charge >= 0.3 is 0 Å². The molecule has 0 amide bonds. The first-order valence-electron chi connectivity index (χ1n) is 9.95. The van der Waals surface area contributed by atoms with Gasteiger partial charge in [-0.05, 0) is 12.8 Å². The second kappa shape index (κ2) is 9.37. The van der Waals surface area contributed by atoms with Crippen molar-refractivity contribution in [2.24, 2.45) is 0 Å². The molecular weight excluding hydrogens is 320 g/mol. The monoisotopic (exact) mass is 352 g/mol. The van der Waals surface area contributed by atoms with Gasteiger partial charge in [0.2, 0.25) is 12.7 Å². The minimum absolute atomic E-state index is 0.923. The Morgan fingerprint density at radius 1 is 0.731 bits per heavy atom. The number of aromatic nitrogens is 4. The van der Waals surface area contributed by atoms with Crippen LogP contribution in [-0.4, -0.2) is 9.13 Å². The Labute approximate surface area is 157 Å². The molecule has 0 saturated heterocycles. The number of hydrogen-bond donors (Lipinski definition) is 0. The highest BCUT2D eigenvalue weighted by Crippen LogP contribution is 2.08. The zero-order valence-corrected chi connectivity index (χ0v) is 16.2. The number of imidazole rings is 2. The lowest BCUT2D eigenvalue weighted by molar-refractivity contribution is -0.693. The Hall–Kier alpha value is -2.36. The molecule has 0 N–H and O–H groups in total. The Morgan fingerprint density at radius 2 is 1.19 bits per heavy atom. The third kappa shape index (κ3) is 5.07. The molecule has 138 valence electrons.